The number of nitrogens with zero attached hydrogens (tertiary/aromatic N) is 3. The van der Waals surface area contributed by atoms with E-state index in [2.05, 4.69) is 10.1 Å². The van der Waals surface area contributed by atoms with Crippen LogP contribution in [-0.2, 0) is 0 Å². The van der Waals surface area contributed by atoms with E-state index >= 15 is 0 Å². The number of aromatic nitrogens is 3. The lowest BCUT2D eigenvalue weighted by molar-refractivity contribution is 0.00200. The average Bonchev–Trinajstić information content (AvgIpc) is 2.91. The Morgan fingerprint density at radius 3 is 2.74 bits per heavy atom. The number of benzene rings is 1. The molecule has 1 heterocycles. The van der Waals surface area contributed by atoms with Crippen molar-refractivity contribution in [1.29, 1.82) is 0 Å². The zero-order chi connectivity index (χ0) is 13.1. The third kappa shape index (κ3) is 2.76. The molecule has 2 atom stereocenters. The summed E-state index contributed by atoms with van der Waals surface area (Å²) in [7, 11) is 0. The molecule has 0 spiro atoms. The second-order valence-corrected chi connectivity index (χ2v) is 4.82. The van der Waals surface area contributed by atoms with E-state index < -0.39 is 6.10 Å². The summed E-state index contributed by atoms with van der Waals surface area (Å²) in [4.78, 5) is 4.14. The molecule has 1 N–H and O–H groups in total. The summed E-state index contributed by atoms with van der Waals surface area (Å²) >= 11 is 0. The van der Waals surface area contributed by atoms with Gasteiger partial charge in [0.1, 0.15) is 12.4 Å². The lowest BCUT2D eigenvalue weighted by Crippen LogP contribution is -2.34. The average molecular weight is 259 g/mol. The number of aliphatic hydroxyl groups is 1. The highest BCUT2D eigenvalue weighted by Crippen LogP contribution is 2.22. The highest BCUT2D eigenvalue weighted by molar-refractivity contribution is 5.29. The van der Waals surface area contributed by atoms with Crippen LogP contribution < -0.4 is 4.74 Å². The quantitative estimate of drug-likeness (QED) is 0.915. The van der Waals surface area contributed by atoms with Gasteiger partial charge in [-0.2, -0.15) is 4.98 Å². The van der Waals surface area contributed by atoms with Gasteiger partial charge in [0, 0.05) is 0 Å². The van der Waals surface area contributed by atoms with Gasteiger partial charge < -0.3 is 9.84 Å². The van der Waals surface area contributed by atoms with Crippen molar-refractivity contribution in [2.45, 2.75) is 37.9 Å². The summed E-state index contributed by atoms with van der Waals surface area (Å²) in [5.74, 6) is 0. The predicted molar refractivity (Wildman–Crippen MR) is 70.2 cm³/mol. The predicted octanol–water partition coefficient (Wildman–Crippen LogP) is 1.95. The Bertz CT molecular complexity index is 526. The summed E-state index contributed by atoms with van der Waals surface area (Å²) in [6, 6.07) is 10.1. The molecule has 19 heavy (non-hydrogen) atoms. The molecule has 1 aromatic heterocycles. The van der Waals surface area contributed by atoms with Gasteiger partial charge in [0.15, 0.2) is 0 Å². The molecular weight excluding hydrogens is 242 g/mol. The topological polar surface area (TPSA) is 60.2 Å². The minimum Gasteiger partial charge on any atom is -0.456 e. The fraction of sp³-hybridized carbons (Fsp3) is 0.429. The lowest BCUT2D eigenvalue weighted by Gasteiger charge is -2.26. The van der Waals surface area contributed by atoms with Crippen LogP contribution in [0.1, 0.15) is 25.7 Å². The standard InChI is InChI=1S/C14H17N3O2/c18-12-8-4-5-9-13(12)19-14-15-10-17(16-14)11-6-2-1-3-7-11/h1-3,6-7,10,12-13,18H,4-5,8-9H2. The van der Waals surface area contributed by atoms with Crippen LogP contribution in [0, 0.1) is 0 Å². The van der Waals surface area contributed by atoms with Crippen LogP contribution in [0.2, 0.25) is 0 Å². The maximum absolute atomic E-state index is 9.87. The number of aliphatic hydroxyl groups excluding tert-OH is 1. The van der Waals surface area contributed by atoms with E-state index in [4.69, 9.17) is 4.74 Å². The van der Waals surface area contributed by atoms with Crippen molar-refractivity contribution in [3.63, 3.8) is 0 Å². The first kappa shape index (κ1) is 12.2. The molecule has 5 heteroatoms. The Hall–Kier alpha value is -1.88. The Balaban J connectivity index is 1.71. The van der Waals surface area contributed by atoms with Crippen LogP contribution in [0.4, 0.5) is 0 Å². The van der Waals surface area contributed by atoms with E-state index in [1.807, 2.05) is 30.3 Å². The fourth-order valence-electron chi connectivity index (χ4n) is 2.36. The second-order valence-electron chi connectivity index (χ2n) is 4.82. The number of hydrogen-bond donors (Lipinski definition) is 1. The number of hydrogen-bond acceptors (Lipinski definition) is 4. The highest BCUT2D eigenvalue weighted by Gasteiger charge is 2.25. The first-order chi connectivity index (χ1) is 9.33. The van der Waals surface area contributed by atoms with Gasteiger partial charge in [-0.1, -0.05) is 24.6 Å². The van der Waals surface area contributed by atoms with Gasteiger partial charge >= 0.3 is 6.01 Å². The van der Waals surface area contributed by atoms with Crippen molar-refractivity contribution in [2.24, 2.45) is 0 Å². The number of para-hydroxylation sites is 1. The van der Waals surface area contributed by atoms with Crippen LogP contribution >= 0.6 is 0 Å². The zero-order valence-electron chi connectivity index (χ0n) is 10.6. The maximum atomic E-state index is 9.87. The van der Waals surface area contributed by atoms with Gasteiger partial charge in [0.05, 0.1) is 11.8 Å². The molecule has 0 aliphatic heterocycles. The van der Waals surface area contributed by atoms with E-state index in [-0.39, 0.29) is 6.10 Å². The monoisotopic (exact) mass is 259 g/mol. The molecule has 0 amide bonds. The summed E-state index contributed by atoms with van der Waals surface area (Å²) < 4.78 is 7.35. The van der Waals surface area contributed by atoms with E-state index in [0.717, 1.165) is 31.4 Å². The Kier molecular flexibility index (Phi) is 3.46. The van der Waals surface area contributed by atoms with Gasteiger partial charge in [0.25, 0.3) is 0 Å². The molecule has 1 fully saturated rings. The highest BCUT2D eigenvalue weighted by atomic mass is 16.5. The van der Waals surface area contributed by atoms with Gasteiger partial charge in [0.2, 0.25) is 0 Å². The first-order valence-corrected chi connectivity index (χ1v) is 6.65. The van der Waals surface area contributed by atoms with Crippen LogP contribution in [0.3, 0.4) is 0 Å². The number of ether oxygens (including phenoxy) is 1. The van der Waals surface area contributed by atoms with Crippen molar-refractivity contribution < 1.29 is 9.84 Å². The van der Waals surface area contributed by atoms with Gasteiger partial charge in [-0.3, -0.25) is 0 Å². The smallest absolute Gasteiger partial charge is 0.336 e. The largest absolute Gasteiger partial charge is 0.456 e. The Morgan fingerprint density at radius 1 is 1.16 bits per heavy atom. The molecule has 5 nitrogen and oxygen atoms in total. The molecule has 0 saturated heterocycles. The molecule has 1 aromatic carbocycles. The van der Waals surface area contributed by atoms with E-state index in [1.165, 1.54) is 0 Å². The SMILES string of the molecule is OC1CCCCC1Oc1ncn(-c2ccccc2)n1. The van der Waals surface area contributed by atoms with Crippen molar-refractivity contribution >= 4 is 0 Å². The first-order valence-electron chi connectivity index (χ1n) is 6.65. The summed E-state index contributed by atoms with van der Waals surface area (Å²) in [6.07, 6.45) is 4.84. The van der Waals surface area contributed by atoms with Crippen LogP contribution in [0.15, 0.2) is 36.7 Å². The minimum atomic E-state index is -0.405. The van der Waals surface area contributed by atoms with Gasteiger partial charge in [-0.05, 0) is 31.4 Å². The van der Waals surface area contributed by atoms with Crippen molar-refractivity contribution in [1.82, 2.24) is 14.8 Å². The zero-order valence-corrected chi connectivity index (χ0v) is 10.6. The Morgan fingerprint density at radius 2 is 1.95 bits per heavy atom. The van der Waals surface area contributed by atoms with Gasteiger partial charge in [-0.25, -0.2) is 4.68 Å². The fourth-order valence-corrected chi connectivity index (χ4v) is 2.36. The van der Waals surface area contributed by atoms with Crippen LogP contribution in [0.5, 0.6) is 6.01 Å². The molecule has 3 rings (SSSR count). The molecule has 1 saturated carbocycles. The second kappa shape index (κ2) is 5.40. The Labute approximate surface area is 111 Å². The number of rotatable bonds is 3. The van der Waals surface area contributed by atoms with Crippen molar-refractivity contribution in [3.8, 4) is 11.7 Å². The molecule has 2 aromatic rings. The lowest BCUT2D eigenvalue weighted by atomic mass is 9.95. The summed E-state index contributed by atoms with van der Waals surface area (Å²) in [5.41, 5.74) is 0.939. The normalized spacial score (nSPS) is 23.2. The van der Waals surface area contributed by atoms with Crippen molar-refractivity contribution in [3.05, 3.63) is 36.7 Å². The molecule has 0 bridgehead atoms. The third-order valence-electron chi connectivity index (χ3n) is 3.42. The minimum absolute atomic E-state index is 0.180. The summed E-state index contributed by atoms with van der Waals surface area (Å²) in [5, 5.41) is 14.1. The molecule has 1 aliphatic carbocycles. The third-order valence-corrected chi connectivity index (χ3v) is 3.42. The van der Waals surface area contributed by atoms with Crippen molar-refractivity contribution in [2.75, 3.05) is 0 Å². The van der Waals surface area contributed by atoms with E-state index in [9.17, 15) is 5.11 Å². The van der Waals surface area contributed by atoms with Gasteiger partial charge in [-0.15, -0.1) is 5.10 Å². The molecule has 0 radical (unpaired) electrons. The molecule has 100 valence electrons. The molecule has 1 aliphatic rings. The summed E-state index contributed by atoms with van der Waals surface area (Å²) in [6.45, 7) is 0. The molecular formula is C14H17N3O2. The van der Waals surface area contributed by atoms with E-state index in [0.29, 0.717) is 6.01 Å². The van der Waals surface area contributed by atoms with Crippen LogP contribution in [0.25, 0.3) is 5.69 Å². The van der Waals surface area contributed by atoms with Crippen LogP contribution in [-0.4, -0.2) is 32.1 Å². The maximum Gasteiger partial charge on any atom is 0.336 e. The van der Waals surface area contributed by atoms with E-state index in [1.54, 1.807) is 11.0 Å². The molecule has 2 unspecified atom stereocenters.